The molecule has 2 aliphatic heterocycles. The Morgan fingerprint density at radius 3 is 2.34 bits per heavy atom. The minimum absolute atomic E-state index is 0.129. The van der Waals surface area contributed by atoms with Gasteiger partial charge in [0.1, 0.15) is 36.1 Å². The molecule has 324 valence electrons. The summed E-state index contributed by atoms with van der Waals surface area (Å²) < 4.78 is 15.9. The van der Waals surface area contributed by atoms with E-state index in [1.54, 1.807) is 16.0 Å². The van der Waals surface area contributed by atoms with E-state index in [2.05, 4.69) is 38.8 Å². The highest BCUT2D eigenvalue weighted by Crippen LogP contribution is 2.43. The molecular weight excluding hydrogens is 781 g/mol. The summed E-state index contributed by atoms with van der Waals surface area (Å²) >= 11 is 0. The van der Waals surface area contributed by atoms with E-state index < -0.39 is 42.3 Å². The predicted octanol–water partition coefficient (Wildman–Crippen LogP) is 6.89. The van der Waals surface area contributed by atoms with Crippen LogP contribution in [0.1, 0.15) is 97.0 Å². The molecule has 4 amide bonds. The van der Waals surface area contributed by atoms with Gasteiger partial charge in [0.25, 0.3) is 0 Å². The number of aliphatic hydroxyl groups is 1. The summed E-state index contributed by atoms with van der Waals surface area (Å²) in [6, 6.07) is 11.4. The van der Waals surface area contributed by atoms with Gasteiger partial charge in [-0.3, -0.25) is 9.59 Å². The van der Waals surface area contributed by atoms with Crippen molar-refractivity contribution in [3.63, 3.8) is 0 Å². The quantitative estimate of drug-likeness (QED) is 0.0880. The summed E-state index contributed by atoms with van der Waals surface area (Å²) in [6.07, 6.45) is 1.30. The van der Waals surface area contributed by atoms with Crippen molar-refractivity contribution in [2.24, 2.45) is 5.92 Å². The number of benzene rings is 3. The number of carbonyl (C=O) groups is 4. The van der Waals surface area contributed by atoms with Crippen molar-refractivity contribution in [3.8, 4) is 28.1 Å². The molecule has 61 heavy (non-hydrogen) atoms. The van der Waals surface area contributed by atoms with Gasteiger partial charge in [0.2, 0.25) is 11.8 Å². The van der Waals surface area contributed by atoms with Crippen LogP contribution in [0.2, 0.25) is 0 Å². The van der Waals surface area contributed by atoms with Crippen LogP contribution >= 0.6 is 0 Å². The summed E-state index contributed by atoms with van der Waals surface area (Å²) in [5, 5.41) is 17.5. The van der Waals surface area contributed by atoms with Crippen molar-refractivity contribution in [1.29, 1.82) is 0 Å². The summed E-state index contributed by atoms with van der Waals surface area (Å²) in [6.45, 7) is 13.5. The zero-order valence-electron chi connectivity index (χ0n) is 36.2. The van der Waals surface area contributed by atoms with Gasteiger partial charge in [0.05, 0.1) is 55.3 Å². The average molecular weight is 837 g/mol. The molecule has 0 unspecified atom stereocenters. The molecule has 0 aliphatic carbocycles. The van der Waals surface area contributed by atoms with Crippen LogP contribution in [0.5, 0.6) is 5.75 Å². The molecule has 0 radical (unpaired) electrons. The number of carbonyl (C=O) groups excluding carboxylic acids is 4. The molecule has 7 rings (SSSR count). The highest BCUT2D eigenvalue weighted by molar-refractivity contribution is 6.07. The number of amides is 4. The highest BCUT2D eigenvalue weighted by atomic mass is 16.5. The molecule has 2 aliphatic rings. The lowest BCUT2D eigenvalue weighted by atomic mass is 9.92. The number of likely N-dealkylation sites (tertiary alicyclic amines) is 1. The third-order valence-electron chi connectivity index (χ3n) is 12.2. The van der Waals surface area contributed by atoms with Crippen LogP contribution in [0.3, 0.4) is 0 Å². The number of rotatable bonds is 12. The fraction of sp³-hybridized carbons (Fsp3) is 0.467. The monoisotopic (exact) mass is 836 g/mol. The number of nitrogens with one attached hydrogen (secondary N) is 4. The van der Waals surface area contributed by atoms with Crippen LogP contribution in [-0.4, -0.2) is 103 Å². The molecule has 1 saturated heterocycles. The second-order valence-corrected chi connectivity index (χ2v) is 16.6. The van der Waals surface area contributed by atoms with Crippen LogP contribution in [-0.2, 0) is 25.7 Å². The minimum atomic E-state index is -1.16. The molecule has 2 aromatic heterocycles. The maximum atomic E-state index is 14.1. The normalized spacial score (nSPS) is 18.4. The Morgan fingerprint density at radius 1 is 0.951 bits per heavy atom. The zero-order valence-corrected chi connectivity index (χ0v) is 36.2. The Kier molecular flexibility index (Phi) is 12.3. The lowest BCUT2D eigenvalue weighted by molar-refractivity contribution is -0.140. The van der Waals surface area contributed by atoms with Gasteiger partial charge in [-0.2, -0.15) is 0 Å². The van der Waals surface area contributed by atoms with Crippen molar-refractivity contribution < 1.29 is 38.5 Å². The Labute approximate surface area is 354 Å². The third kappa shape index (κ3) is 8.20. The fourth-order valence-corrected chi connectivity index (χ4v) is 8.67. The van der Waals surface area contributed by atoms with E-state index >= 15 is 0 Å². The first-order valence-corrected chi connectivity index (χ1v) is 20.9. The number of aliphatic hydroxyl groups excluding tert-OH is 1. The van der Waals surface area contributed by atoms with E-state index in [0.717, 1.165) is 61.9 Å². The number of hydrogen-bond acceptors (Lipinski definition) is 10. The summed E-state index contributed by atoms with van der Waals surface area (Å²) in [5.74, 6) is 1.23. The molecule has 0 bridgehead atoms. The largest absolute Gasteiger partial charge is 0.488 e. The molecule has 16 nitrogen and oxygen atoms in total. The standard InChI is InChI=1S/C45H56N8O8/c1-10-23(4)52(42(55)37(22(2)3)50-44(57)59-8)25(6)40-47-33-15-13-27-18-32-30-14-12-28(17-29(30)21-61-36(32)19-31(27)39(33)49-40)34-20-46-41(48-34)35-16-11-24(5)53(35)43(56)38(26(7)54)51-45(58)60-9/h12-15,17-20,22-26,35,37-38,54H,10-11,16,21H2,1-9H3,(H,46,48)(H,47,49)(H,50,57)(H,51,58)/t23-,24-,25-,26+,35-,37-,38-/m0/s1. The van der Waals surface area contributed by atoms with Crippen molar-refractivity contribution in [3.05, 3.63) is 65.9 Å². The molecule has 3 aromatic carbocycles. The van der Waals surface area contributed by atoms with Crippen molar-refractivity contribution in [2.75, 3.05) is 14.2 Å². The second-order valence-electron chi connectivity index (χ2n) is 16.6. The molecule has 4 heterocycles. The van der Waals surface area contributed by atoms with Gasteiger partial charge < -0.3 is 49.7 Å². The zero-order chi connectivity index (χ0) is 43.9. The van der Waals surface area contributed by atoms with Gasteiger partial charge >= 0.3 is 12.2 Å². The molecule has 1 fully saturated rings. The van der Waals surface area contributed by atoms with Gasteiger partial charge in [0.15, 0.2) is 0 Å². The smallest absolute Gasteiger partial charge is 0.407 e. The fourth-order valence-electron chi connectivity index (χ4n) is 8.67. The summed E-state index contributed by atoms with van der Waals surface area (Å²) in [5.41, 5.74) is 6.33. The maximum Gasteiger partial charge on any atom is 0.407 e. The lowest BCUT2D eigenvalue weighted by Crippen LogP contribution is -2.54. The number of methoxy groups -OCH3 is 2. The molecule has 5 N–H and O–H groups in total. The Hall–Kier alpha value is -6.16. The van der Waals surface area contributed by atoms with Gasteiger partial charge in [-0.25, -0.2) is 19.6 Å². The lowest BCUT2D eigenvalue weighted by Gasteiger charge is -2.37. The number of aromatic amines is 2. The number of imidazole rings is 2. The molecule has 16 heteroatoms. The van der Waals surface area contributed by atoms with E-state index in [9.17, 15) is 24.3 Å². The van der Waals surface area contributed by atoms with Crippen molar-refractivity contribution >= 4 is 45.8 Å². The molecule has 7 atom stereocenters. The molecular formula is C45H56N8O8. The van der Waals surface area contributed by atoms with Crippen molar-refractivity contribution in [2.45, 2.75) is 117 Å². The number of fused-ring (bicyclic) bond motifs is 6. The maximum absolute atomic E-state index is 14.1. The Balaban J connectivity index is 1.15. The summed E-state index contributed by atoms with van der Waals surface area (Å²) in [7, 11) is 2.49. The van der Waals surface area contributed by atoms with Crippen LogP contribution in [0, 0.1) is 5.92 Å². The number of nitrogens with zero attached hydrogens (tertiary/aromatic N) is 4. The first-order valence-electron chi connectivity index (χ1n) is 20.9. The number of aromatic nitrogens is 4. The topological polar surface area (TPSA) is 204 Å². The average Bonchev–Trinajstić information content (AvgIpc) is 4.02. The van der Waals surface area contributed by atoms with E-state index in [-0.39, 0.29) is 30.0 Å². The van der Waals surface area contributed by atoms with Crippen molar-refractivity contribution in [1.82, 2.24) is 40.4 Å². The molecule has 0 saturated carbocycles. The van der Waals surface area contributed by atoms with Crippen LogP contribution in [0.15, 0.2) is 48.7 Å². The van der Waals surface area contributed by atoms with E-state index in [0.29, 0.717) is 31.1 Å². The SMILES string of the molecule is CC[C@H](C)N(C(=O)[C@@H](NC(=O)OC)C(C)C)[C@@H](C)c1nc2ccc3cc4c(cc3c2[nH]1)OCc1cc(-c2cnc([C@@H]3CC[C@H](C)N3C(=O)[C@@H](NC(=O)OC)[C@@H](C)O)[nH]2)ccc1-4. The number of ether oxygens (including phenoxy) is 3. The first-order chi connectivity index (χ1) is 29.1. The molecule has 0 spiro atoms. The van der Waals surface area contributed by atoms with Gasteiger partial charge in [0, 0.05) is 23.0 Å². The van der Waals surface area contributed by atoms with Crippen LogP contribution in [0.4, 0.5) is 9.59 Å². The van der Waals surface area contributed by atoms with E-state index in [4.69, 9.17) is 24.2 Å². The second kappa shape index (κ2) is 17.4. The van der Waals surface area contributed by atoms with Gasteiger partial charge in [-0.1, -0.05) is 39.0 Å². The van der Waals surface area contributed by atoms with E-state index in [1.807, 2.05) is 65.8 Å². The first kappa shape index (κ1) is 42.9. The number of hydrogen-bond donors (Lipinski definition) is 5. The Morgan fingerprint density at radius 2 is 1.67 bits per heavy atom. The summed E-state index contributed by atoms with van der Waals surface area (Å²) in [4.78, 5) is 72.1. The third-order valence-corrected chi connectivity index (χ3v) is 12.2. The number of alkyl carbamates (subject to hydrolysis) is 2. The van der Waals surface area contributed by atoms with Gasteiger partial charge in [-0.15, -0.1) is 0 Å². The predicted molar refractivity (Wildman–Crippen MR) is 229 cm³/mol. The number of H-pyrrole nitrogens is 2. The Bertz CT molecular complexity index is 2460. The minimum Gasteiger partial charge on any atom is -0.488 e. The van der Waals surface area contributed by atoms with E-state index in [1.165, 1.54) is 21.1 Å². The van der Waals surface area contributed by atoms with Crippen LogP contribution in [0.25, 0.3) is 44.2 Å². The van der Waals surface area contributed by atoms with Gasteiger partial charge in [-0.05, 0) is 99.2 Å². The molecule has 5 aromatic rings. The highest BCUT2D eigenvalue weighted by Gasteiger charge is 2.42. The van der Waals surface area contributed by atoms with Crippen LogP contribution < -0.4 is 15.4 Å².